The Balaban J connectivity index is 2.19. The molecule has 2 aromatic carbocycles. The Morgan fingerprint density at radius 1 is 1.29 bits per heavy atom. The molecule has 0 spiro atoms. The number of rotatable bonds is 4. The van der Waals surface area contributed by atoms with Crippen molar-refractivity contribution in [1.29, 1.82) is 5.26 Å². The summed E-state index contributed by atoms with van der Waals surface area (Å²) in [5, 5.41) is 12.4. The van der Waals surface area contributed by atoms with Crippen LogP contribution in [0.5, 0.6) is 17.2 Å². The lowest BCUT2D eigenvalue weighted by Gasteiger charge is -2.27. The minimum absolute atomic E-state index is 0.0193. The van der Waals surface area contributed by atoms with Gasteiger partial charge in [0.15, 0.2) is 11.5 Å². The number of nitrogens with one attached hydrogen (secondary N) is 1. The third-order valence-electron chi connectivity index (χ3n) is 4.33. The van der Waals surface area contributed by atoms with E-state index in [0.717, 1.165) is 11.1 Å². The van der Waals surface area contributed by atoms with Crippen molar-refractivity contribution in [3.63, 3.8) is 0 Å². The number of anilines is 1. The summed E-state index contributed by atoms with van der Waals surface area (Å²) in [6.45, 7) is 1.42. The van der Waals surface area contributed by atoms with Crippen LogP contribution >= 0.6 is 15.9 Å². The van der Waals surface area contributed by atoms with E-state index in [1.165, 1.54) is 6.92 Å². The smallest absolute Gasteiger partial charge is 0.221 e. The summed E-state index contributed by atoms with van der Waals surface area (Å²) in [4.78, 5) is 11.3. The van der Waals surface area contributed by atoms with Crippen molar-refractivity contribution in [2.75, 3.05) is 19.5 Å². The van der Waals surface area contributed by atoms with Crippen LogP contribution in [0.2, 0.25) is 0 Å². The molecule has 0 saturated heterocycles. The normalized spacial score (nSPS) is 15.2. The molecule has 0 bridgehead atoms. The Bertz CT molecular complexity index is 1030. The van der Waals surface area contributed by atoms with Gasteiger partial charge in [0.2, 0.25) is 11.8 Å². The average Bonchev–Trinajstić information content (AvgIpc) is 2.65. The first kappa shape index (κ1) is 19.6. The van der Waals surface area contributed by atoms with E-state index in [0.29, 0.717) is 33.0 Å². The number of nitrogens with two attached hydrogens (primary N) is 1. The second-order valence-corrected chi connectivity index (χ2v) is 6.95. The molecule has 2 aromatic rings. The highest BCUT2D eigenvalue weighted by Gasteiger charge is 2.32. The van der Waals surface area contributed by atoms with Crippen molar-refractivity contribution in [2.45, 2.75) is 12.8 Å². The fraction of sp³-hybridized carbons (Fsp3) is 0.200. The number of nitriles is 1. The molecule has 0 radical (unpaired) electrons. The number of benzene rings is 2. The predicted octanol–water partition coefficient (Wildman–Crippen LogP) is 3.64. The molecule has 8 heteroatoms. The zero-order valence-corrected chi connectivity index (χ0v) is 17.1. The van der Waals surface area contributed by atoms with Gasteiger partial charge in [0.25, 0.3) is 0 Å². The van der Waals surface area contributed by atoms with Crippen molar-refractivity contribution < 1.29 is 19.0 Å². The largest absolute Gasteiger partial charge is 0.493 e. The van der Waals surface area contributed by atoms with E-state index >= 15 is 0 Å². The maximum Gasteiger partial charge on any atom is 0.221 e. The number of carbonyl (C=O) groups excluding carboxylic acids is 1. The Labute approximate surface area is 170 Å². The van der Waals surface area contributed by atoms with Gasteiger partial charge in [0.05, 0.1) is 24.6 Å². The molecule has 1 heterocycles. The second kappa shape index (κ2) is 7.82. The van der Waals surface area contributed by atoms with E-state index in [9.17, 15) is 10.1 Å². The first-order chi connectivity index (χ1) is 13.4. The van der Waals surface area contributed by atoms with Gasteiger partial charge in [0.1, 0.15) is 17.4 Å². The molecule has 0 aromatic heterocycles. The number of hydrogen-bond donors (Lipinski definition) is 2. The van der Waals surface area contributed by atoms with Gasteiger partial charge >= 0.3 is 0 Å². The fourth-order valence-electron chi connectivity index (χ4n) is 3.18. The highest BCUT2D eigenvalue weighted by atomic mass is 79.9. The Morgan fingerprint density at radius 2 is 2.04 bits per heavy atom. The van der Waals surface area contributed by atoms with Crippen molar-refractivity contribution in [2.24, 2.45) is 5.73 Å². The highest BCUT2D eigenvalue weighted by Crippen LogP contribution is 2.46. The number of hydrogen-bond acceptors (Lipinski definition) is 6. The topological polar surface area (TPSA) is 107 Å². The summed E-state index contributed by atoms with van der Waals surface area (Å²) >= 11 is 3.49. The van der Waals surface area contributed by atoms with E-state index < -0.39 is 5.92 Å². The molecule has 28 heavy (non-hydrogen) atoms. The molecule has 0 aliphatic carbocycles. The zero-order valence-electron chi connectivity index (χ0n) is 15.5. The van der Waals surface area contributed by atoms with Crippen molar-refractivity contribution in [1.82, 2.24) is 0 Å². The third-order valence-corrected chi connectivity index (χ3v) is 4.92. The predicted molar refractivity (Wildman–Crippen MR) is 107 cm³/mol. The summed E-state index contributed by atoms with van der Waals surface area (Å²) in [5.74, 6) is 0.902. The lowest BCUT2D eigenvalue weighted by atomic mass is 9.83. The molecule has 0 saturated carbocycles. The Hall–Kier alpha value is -3.18. The van der Waals surface area contributed by atoms with Gasteiger partial charge in [0, 0.05) is 24.2 Å². The monoisotopic (exact) mass is 443 g/mol. The summed E-state index contributed by atoms with van der Waals surface area (Å²) in [6.07, 6.45) is 0. The van der Waals surface area contributed by atoms with Crippen LogP contribution in [0, 0.1) is 11.3 Å². The number of ether oxygens (including phenoxy) is 3. The molecule has 1 unspecified atom stereocenters. The molecule has 144 valence electrons. The lowest BCUT2D eigenvalue weighted by Crippen LogP contribution is -2.21. The van der Waals surface area contributed by atoms with Gasteiger partial charge in [-0.1, -0.05) is 6.07 Å². The quantitative estimate of drug-likeness (QED) is 0.746. The first-order valence-electron chi connectivity index (χ1n) is 8.30. The number of nitrogens with zero attached hydrogens (tertiary/aromatic N) is 1. The van der Waals surface area contributed by atoms with E-state index in [-0.39, 0.29) is 11.8 Å². The van der Waals surface area contributed by atoms with Crippen LogP contribution in [0.1, 0.15) is 24.0 Å². The average molecular weight is 444 g/mol. The van der Waals surface area contributed by atoms with Crippen LogP contribution in [-0.2, 0) is 4.79 Å². The van der Waals surface area contributed by atoms with Crippen LogP contribution in [0.15, 0.2) is 46.3 Å². The van der Waals surface area contributed by atoms with E-state index in [1.807, 2.05) is 6.07 Å². The van der Waals surface area contributed by atoms with Crippen molar-refractivity contribution in [3.8, 4) is 23.3 Å². The van der Waals surface area contributed by atoms with Gasteiger partial charge < -0.3 is 25.3 Å². The van der Waals surface area contributed by atoms with Gasteiger partial charge in [-0.3, -0.25) is 4.79 Å². The van der Waals surface area contributed by atoms with Crippen molar-refractivity contribution in [3.05, 3.63) is 57.4 Å². The second-order valence-electron chi connectivity index (χ2n) is 6.10. The van der Waals surface area contributed by atoms with Crippen LogP contribution in [0.3, 0.4) is 0 Å². The fourth-order valence-corrected chi connectivity index (χ4v) is 3.81. The lowest BCUT2D eigenvalue weighted by molar-refractivity contribution is -0.114. The van der Waals surface area contributed by atoms with Crippen LogP contribution in [0.4, 0.5) is 5.69 Å². The molecule has 3 rings (SSSR count). The summed E-state index contributed by atoms with van der Waals surface area (Å²) in [5.41, 5.74) is 8.42. The molecular formula is C20H18BrN3O4. The van der Waals surface area contributed by atoms with Gasteiger partial charge in [-0.2, -0.15) is 5.26 Å². The number of methoxy groups -OCH3 is 2. The molecule has 3 N–H and O–H groups in total. The van der Waals surface area contributed by atoms with E-state index in [4.69, 9.17) is 19.9 Å². The maximum atomic E-state index is 11.3. The number of fused-ring (bicyclic) bond motifs is 1. The summed E-state index contributed by atoms with van der Waals surface area (Å²) in [6, 6.07) is 11.0. The molecular weight excluding hydrogens is 426 g/mol. The molecule has 1 amide bonds. The highest BCUT2D eigenvalue weighted by molar-refractivity contribution is 9.10. The van der Waals surface area contributed by atoms with E-state index in [1.54, 1.807) is 38.5 Å². The zero-order chi connectivity index (χ0) is 20.4. The van der Waals surface area contributed by atoms with E-state index in [2.05, 4.69) is 27.3 Å². The third kappa shape index (κ3) is 3.49. The summed E-state index contributed by atoms with van der Waals surface area (Å²) in [7, 11) is 3.09. The van der Waals surface area contributed by atoms with Crippen LogP contribution < -0.4 is 25.3 Å². The molecule has 1 atom stereocenters. The van der Waals surface area contributed by atoms with Crippen molar-refractivity contribution >= 4 is 27.5 Å². The molecule has 7 nitrogen and oxygen atoms in total. The molecule has 0 fully saturated rings. The SMILES string of the molecule is COc1cc(C2C(C#N)=C(N)Oc3cc(NC(C)=O)ccc32)cc(Br)c1OC. The minimum Gasteiger partial charge on any atom is -0.493 e. The number of carbonyl (C=O) groups is 1. The molecule has 1 aliphatic rings. The minimum atomic E-state index is -0.462. The van der Waals surface area contributed by atoms with Crippen LogP contribution in [0.25, 0.3) is 0 Å². The van der Waals surface area contributed by atoms with Crippen LogP contribution in [-0.4, -0.2) is 20.1 Å². The van der Waals surface area contributed by atoms with Gasteiger partial charge in [-0.25, -0.2) is 0 Å². The van der Waals surface area contributed by atoms with Gasteiger partial charge in [-0.05, 0) is 39.7 Å². The Morgan fingerprint density at radius 3 is 2.64 bits per heavy atom. The maximum absolute atomic E-state index is 11.3. The molecule has 1 aliphatic heterocycles. The number of amides is 1. The number of halogens is 1. The first-order valence-corrected chi connectivity index (χ1v) is 9.09. The summed E-state index contributed by atoms with van der Waals surface area (Å²) < 4.78 is 17.1. The van der Waals surface area contributed by atoms with Gasteiger partial charge in [-0.15, -0.1) is 0 Å². The Kier molecular flexibility index (Phi) is 5.47. The standard InChI is InChI=1S/C20H18BrN3O4/c1-10(25)24-12-4-5-13-16(8-12)28-20(23)14(9-22)18(13)11-6-15(21)19(27-3)17(7-11)26-2/h4-8,18H,23H2,1-3H3,(H,24,25). The number of allylic oxidation sites excluding steroid dienone is 1.